The number of rotatable bonds is 4. The van der Waals surface area contributed by atoms with E-state index in [1.807, 2.05) is 24.3 Å². The molecule has 0 radical (unpaired) electrons. The van der Waals surface area contributed by atoms with Crippen LogP contribution in [0.5, 0.6) is 5.75 Å². The summed E-state index contributed by atoms with van der Waals surface area (Å²) in [6.45, 7) is -2.99. The fourth-order valence-corrected chi connectivity index (χ4v) is 3.33. The highest BCUT2D eigenvalue weighted by Crippen LogP contribution is 2.33. The van der Waals surface area contributed by atoms with Crippen LogP contribution in [0.1, 0.15) is 26.8 Å². The maximum Gasteiger partial charge on any atom is 0.387 e. The van der Waals surface area contributed by atoms with Crippen LogP contribution < -0.4 is 10.1 Å². The fraction of sp³-hybridized carbons (Fsp3) is 0.267. The van der Waals surface area contributed by atoms with E-state index >= 15 is 0 Å². The molecule has 0 saturated heterocycles. The number of carbonyl (C=O) groups is 1. The van der Waals surface area contributed by atoms with E-state index in [0.29, 0.717) is 6.42 Å². The smallest absolute Gasteiger partial charge is 0.387 e. The van der Waals surface area contributed by atoms with Gasteiger partial charge >= 0.3 is 6.61 Å². The van der Waals surface area contributed by atoms with Crippen molar-refractivity contribution >= 4 is 17.2 Å². The average Bonchev–Trinajstić information content (AvgIpc) is 3.04. The maximum absolute atomic E-state index is 12.3. The molecular weight excluding hydrogens is 312 g/mol. The molecule has 1 aromatic heterocycles. The van der Waals surface area contributed by atoms with E-state index in [-0.39, 0.29) is 10.6 Å². The summed E-state index contributed by atoms with van der Waals surface area (Å²) in [5.41, 5.74) is 1.81. The second kappa shape index (κ2) is 6.02. The van der Waals surface area contributed by atoms with E-state index in [4.69, 9.17) is 0 Å². The Bertz CT molecular complexity index is 689. The summed E-state index contributed by atoms with van der Waals surface area (Å²) in [7, 11) is 0. The number of fused-ring (bicyclic) bond motifs is 1. The first-order valence-corrected chi connectivity index (χ1v) is 7.53. The second-order valence-electron chi connectivity index (χ2n) is 4.91. The number of hydrogen-bond donors (Lipinski definition) is 2. The topological polar surface area (TPSA) is 58.6 Å². The average molecular weight is 325 g/mol. The van der Waals surface area contributed by atoms with Crippen molar-refractivity contribution in [2.75, 3.05) is 0 Å². The predicted octanol–water partition coefficient (Wildman–Crippen LogP) is 2.74. The van der Waals surface area contributed by atoms with Crippen LogP contribution in [0.4, 0.5) is 8.78 Å². The van der Waals surface area contributed by atoms with Crippen molar-refractivity contribution in [2.45, 2.75) is 25.2 Å². The van der Waals surface area contributed by atoms with Gasteiger partial charge in [0.1, 0.15) is 10.6 Å². The highest BCUT2D eigenvalue weighted by Gasteiger charge is 2.33. The van der Waals surface area contributed by atoms with E-state index < -0.39 is 24.7 Å². The van der Waals surface area contributed by atoms with Crippen LogP contribution in [0.2, 0.25) is 0 Å². The molecule has 1 aliphatic rings. The molecule has 0 unspecified atom stereocenters. The van der Waals surface area contributed by atoms with Gasteiger partial charge in [-0.05, 0) is 22.6 Å². The van der Waals surface area contributed by atoms with E-state index in [0.717, 1.165) is 22.5 Å². The van der Waals surface area contributed by atoms with Gasteiger partial charge in [-0.2, -0.15) is 8.78 Å². The minimum absolute atomic E-state index is 0.0666. The molecule has 2 aromatic rings. The molecule has 0 spiro atoms. The molecule has 1 aliphatic carbocycles. The lowest BCUT2D eigenvalue weighted by molar-refractivity contribution is -0.0498. The fourth-order valence-electron chi connectivity index (χ4n) is 2.61. The molecule has 4 nitrogen and oxygen atoms in total. The summed E-state index contributed by atoms with van der Waals surface area (Å²) in [6, 6.07) is 8.19. The van der Waals surface area contributed by atoms with E-state index in [9.17, 15) is 18.7 Å². The number of aliphatic hydroxyl groups is 1. The summed E-state index contributed by atoms with van der Waals surface area (Å²) >= 11 is 1.01. The van der Waals surface area contributed by atoms with Gasteiger partial charge < -0.3 is 15.2 Å². The number of ether oxygens (including phenoxy) is 1. The summed E-state index contributed by atoms with van der Waals surface area (Å²) in [5, 5.41) is 14.3. The van der Waals surface area contributed by atoms with Gasteiger partial charge in [-0.3, -0.25) is 4.79 Å². The Morgan fingerprint density at radius 3 is 2.91 bits per heavy atom. The zero-order valence-electron chi connectivity index (χ0n) is 11.3. The van der Waals surface area contributed by atoms with Crippen LogP contribution in [0, 0.1) is 0 Å². The first kappa shape index (κ1) is 14.9. The van der Waals surface area contributed by atoms with Gasteiger partial charge in [0.25, 0.3) is 5.91 Å². The number of benzene rings is 1. The van der Waals surface area contributed by atoms with Crippen LogP contribution in [0.25, 0.3) is 0 Å². The van der Waals surface area contributed by atoms with Crippen LogP contribution in [0.3, 0.4) is 0 Å². The van der Waals surface area contributed by atoms with Crippen molar-refractivity contribution in [3.63, 3.8) is 0 Å². The number of thiophene rings is 1. The normalized spacial score (nSPS) is 20.0. The minimum Gasteiger partial charge on any atom is -0.433 e. The summed E-state index contributed by atoms with van der Waals surface area (Å²) < 4.78 is 29.0. The van der Waals surface area contributed by atoms with Gasteiger partial charge in [0, 0.05) is 6.42 Å². The summed E-state index contributed by atoms with van der Waals surface area (Å²) in [6.07, 6.45) is -0.285. The lowest BCUT2D eigenvalue weighted by atomic mass is 10.1. The molecule has 7 heteroatoms. The SMILES string of the molecule is O=C(N[C@H]1c2ccccc2C[C@H]1O)c1sccc1OC(F)F. The monoisotopic (exact) mass is 325 g/mol. The first-order chi connectivity index (χ1) is 10.6. The third-order valence-corrected chi connectivity index (χ3v) is 4.44. The van der Waals surface area contributed by atoms with Gasteiger partial charge in [-0.15, -0.1) is 11.3 Å². The second-order valence-corrected chi connectivity index (χ2v) is 5.83. The molecule has 0 fully saturated rings. The van der Waals surface area contributed by atoms with E-state index in [1.165, 1.54) is 11.4 Å². The van der Waals surface area contributed by atoms with E-state index in [1.54, 1.807) is 0 Å². The van der Waals surface area contributed by atoms with Crippen LogP contribution in [-0.2, 0) is 6.42 Å². The Morgan fingerprint density at radius 1 is 1.36 bits per heavy atom. The quantitative estimate of drug-likeness (QED) is 0.909. The minimum atomic E-state index is -2.99. The molecule has 0 aliphatic heterocycles. The third kappa shape index (κ3) is 2.82. The molecule has 2 N–H and O–H groups in total. The van der Waals surface area contributed by atoms with Crippen molar-refractivity contribution in [2.24, 2.45) is 0 Å². The van der Waals surface area contributed by atoms with Crippen molar-refractivity contribution in [3.05, 3.63) is 51.7 Å². The molecule has 2 atom stereocenters. The standard InChI is InChI=1S/C15H13F2NO3S/c16-15(17)21-11-5-6-22-13(11)14(20)18-12-9-4-2-1-3-8(9)7-10(12)19/h1-6,10,12,15,19H,7H2,(H,18,20)/t10-,12+/m1/s1. The highest BCUT2D eigenvalue weighted by atomic mass is 32.1. The van der Waals surface area contributed by atoms with Crippen molar-refractivity contribution < 1.29 is 23.4 Å². The first-order valence-electron chi connectivity index (χ1n) is 6.65. The molecule has 1 amide bonds. The predicted molar refractivity (Wildman–Crippen MR) is 77.3 cm³/mol. The Hall–Kier alpha value is -1.99. The Kier molecular flexibility index (Phi) is 4.08. The molecule has 3 rings (SSSR count). The molecule has 1 heterocycles. The van der Waals surface area contributed by atoms with Crippen LogP contribution in [-0.4, -0.2) is 23.7 Å². The number of amides is 1. The number of aliphatic hydroxyl groups excluding tert-OH is 1. The molecule has 1 aromatic carbocycles. The number of halogens is 2. The Labute approximate surface area is 129 Å². The van der Waals surface area contributed by atoms with Gasteiger partial charge in [-0.25, -0.2) is 0 Å². The van der Waals surface area contributed by atoms with Gasteiger partial charge in [0.05, 0.1) is 12.1 Å². The lowest BCUT2D eigenvalue weighted by Crippen LogP contribution is -2.33. The zero-order valence-corrected chi connectivity index (χ0v) is 12.1. The van der Waals surface area contributed by atoms with Crippen LogP contribution >= 0.6 is 11.3 Å². The molecular formula is C15H13F2NO3S. The largest absolute Gasteiger partial charge is 0.433 e. The highest BCUT2D eigenvalue weighted by molar-refractivity contribution is 7.12. The number of carbonyl (C=O) groups excluding carboxylic acids is 1. The van der Waals surface area contributed by atoms with Gasteiger partial charge in [0.2, 0.25) is 0 Å². The summed E-state index contributed by atoms with van der Waals surface area (Å²) in [5.74, 6) is -0.690. The zero-order chi connectivity index (χ0) is 15.7. The number of alkyl halides is 2. The maximum atomic E-state index is 12.3. The third-order valence-electron chi connectivity index (χ3n) is 3.54. The van der Waals surface area contributed by atoms with Gasteiger partial charge in [-0.1, -0.05) is 24.3 Å². The molecule has 116 valence electrons. The Balaban J connectivity index is 1.79. The van der Waals surface area contributed by atoms with Crippen molar-refractivity contribution in [1.29, 1.82) is 0 Å². The molecule has 0 bridgehead atoms. The Morgan fingerprint density at radius 2 is 2.14 bits per heavy atom. The number of nitrogens with one attached hydrogen (secondary N) is 1. The molecule has 22 heavy (non-hydrogen) atoms. The lowest BCUT2D eigenvalue weighted by Gasteiger charge is -2.18. The van der Waals surface area contributed by atoms with E-state index in [2.05, 4.69) is 10.1 Å². The van der Waals surface area contributed by atoms with Crippen molar-refractivity contribution in [3.8, 4) is 5.75 Å². The number of hydrogen-bond acceptors (Lipinski definition) is 4. The van der Waals surface area contributed by atoms with Crippen LogP contribution in [0.15, 0.2) is 35.7 Å². The molecule has 0 saturated carbocycles. The van der Waals surface area contributed by atoms with Gasteiger partial charge in [0.15, 0.2) is 0 Å². The summed E-state index contributed by atoms with van der Waals surface area (Å²) in [4.78, 5) is 12.3. The van der Waals surface area contributed by atoms with Crippen molar-refractivity contribution in [1.82, 2.24) is 5.32 Å².